The van der Waals surface area contributed by atoms with Gasteiger partial charge in [-0.2, -0.15) is 13.2 Å². The van der Waals surface area contributed by atoms with Gasteiger partial charge in [-0.25, -0.2) is 4.21 Å². The fraction of sp³-hybridized carbons (Fsp3) is 0.444. The fourth-order valence-corrected chi connectivity index (χ4v) is 1.72. The zero-order valence-corrected chi connectivity index (χ0v) is 9.77. The van der Waals surface area contributed by atoms with Crippen molar-refractivity contribution >= 4 is 11.0 Å². The van der Waals surface area contributed by atoms with Crippen LogP contribution in [0.1, 0.15) is 11.3 Å². The largest absolute Gasteiger partial charge is 0.484 e. The Labute approximate surface area is 98.6 Å². The van der Waals surface area contributed by atoms with Gasteiger partial charge in [0.25, 0.3) is 0 Å². The number of aromatic nitrogens is 1. The molecule has 1 aromatic heterocycles. The summed E-state index contributed by atoms with van der Waals surface area (Å²) in [7, 11) is -1.60. The second-order valence-electron chi connectivity index (χ2n) is 3.31. The lowest BCUT2D eigenvalue weighted by Crippen LogP contribution is -2.20. The Hall–Kier alpha value is -1.15. The first-order chi connectivity index (χ1) is 7.79. The van der Waals surface area contributed by atoms with E-state index < -0.39 is 23.8 Å². The van der Waals surface area contributed by atoms with Crippen molar-refractivity contribution < 1.29 is 22.1 Å². The average Bonchev–Trinajstić information content (AvgIpc) is 2.17. The maximum Gasteiger partial charge on any atom is 0.422 e. The van der Waals surface area contributed by atoms with E-state index in [-0.39, 0.29) is 11.5 Å². The summed E-state index contributed by atoms with van der Waals surface area (Å²) >= 11 is 0. The molecule has 96 valence electrons. The number of nitrogens with two attached hydrogens (primary N) is 1. The zero-order chi connectivity index (χ0) is 13.1. The number of ether oxygens (including phenoxy) is 1. The molecule has 0 saturated carbocycles. The first kappa shape index (κ1) is 13.9. The molecule has 0 amide bonds. The number of alkyl halides is 3. The van der Waals surface area contributed by atoms with E-state index in [0.717, 1.165) is 0 Å². The Morgan fingerprint density at radius 1 is 1.53 bits per heavy atom. The predicted octanol–water partition coefficient (Wildman–Crippen LogP) is 1.45. The van der Waals surface area contributed by atoms with Crippen molar-refractivity contribution in [1.82, 2.24) is 4.98 Å². The maximum atomic E-state index is 12.0. The SMILES string of the molecule is Cc1c(OCC(F)(F)F)ccnc1CS(N)=O. The number of hydrogen-bond donors (Lipinski definition) is 1. The van der Waals surface area contributed by atoms with Crippen LogP contribution in [0.15, 0.2) is 12.3 Å². The van der Waals surface area contributed by atoms with Crippen molar-refractivity contribution in [3.63, 3.8) is 0 Å². The van der Waals surface area contributed by atoms with Gasteiger partial charge >= 0.3 is 6.18 Å². The minimum Gasteiger partial charge on any atom is -0.484 e. The third-order valence-electron chi connectivity index (χ3n) is 1.93. The third-order valence-corrected chi connectivity index (χ3v) is 2.49. The molecule has 1 unspecified atom stereocenters. The second-order valence-corrected chi connectivity index (χ2v) is 4.36. The minimum absolute atomic E-state index is 0.0188. The van der Waals surface area contributed by atoms with Crippen LogP contribution in [0.2, 0.25) is 0 Å². The van der Waals surface area contributed by atoms with Crippen molar-refractivity contribution in [3.8, 4) is 5.75 Å². The van der Waals surface area contributed by atoms with E-state index in [1.807, 2.05) is 0 Å². The van der Waals surface area contributed by atoms with E-state index in [1.165, 1.54) is 12.3 Å². The Morgan fingerprint density at radius 2 is 2.18 bits per heavy atom. The zero-order valence-electron chi connectivity index (χ0n) is 8.95. The summed E-state index contributed by atoms with van der Waals surface area (Å²) in [5.74, 6) is 0.0486. The number of rotatable bonds is 4. The topological polar surface area (TPSA) is 65.2 Å². The highest BCUT2D eigenvalue weighted by Gasteiger charge is 2.28. The molecule has 0 aliphatic rings. The normalized spacial score (nSPS) is 13.5. The molecule has 8 heteroatoms. The van der Waals surface area contributed by atoms with Crippen LogP contribution in [-0.4, -0.2) is 22.0 Å². The molecular formula is C9H11F3N2O2S. The Kier molecular flexibility index (Phi) is 4.47. The van der Waals surface area contributed by atoms with Crippen LogP contribution in [0.25, 0.3) is 0 Å². The first-order valence-corrected chi connectivity index (χ1v) is 5.94. The van der Waals surface area contributed by atoms with Crippen LogP contribution in [0.3, 0.4) is 0 Å². The van der Waals surface area contributed by atoms with Gasteiger partial charge in [-0.3, -0.25) is 10.1 Å². The van der Waals surface area contributed by atoms with E-state index in [1.54, 1.807) is 6.92 Å². The van der Waals surface area contributed by atoms with Gasteiger partial charge in [-0.15, -0.1) is 0 Å². The predicted molar refractivity (Wildman–Crippen MR) is 56.6 cm³/mol. The summed E-state index contributed by atoms with van der Waals surface area (Å²) in [5.41, 5.74) is 0.779. The molecule has 1 heterocycles. The van der Waals surface area contributed by atoms with Crippen molar-refractivity contribution in [3.05, 3.63) is 23.5 Å². The van der Waals surface area contributed by atoms with Crippen LogP contribution >= 0.6 is 0 Å². The molecule has 0 bridgehead atoms. The Balaban J connectivity index is 2.83. The van der Waals surface area contributed by atoms with Gasteiger partial charge in [0, 0.05) is 11.8 Å². The average molecular weight is 268 g/mol. The van der Waals surface area contributed by atoms with Crippen molar-refractivity contribution in [2.45, 2.75) is 18.9 Å². The van der Waals surface area contributed by atoms with Gasteiger partial charge in [0.2, 0.25) is 0 Å². The highest BCUT2D eigenvalue weighted by Crippen LogP contribution is 2.23. The summed E-state index contributed by atoms with van der Waals surface area (Å²) in [5, 5.41) is 5.10. The summed E-state index contributed by atoms with van der Waals surface area (Å²) in [6.45, 7) is 0.171. The Morgan fingerprint density at radius 3 is 2.71 bits per heavy atom. The second kappa shape index (κ2) is 5.46. The van der Waals surface area contributed by atoms with Gasteiger partial charge in [-0.05, 0) is 13.0 Å². The molecule has 0 aliphatic heterocycles. The van der Waals surface area contributed by atoms with E-state index in [4.69, 9.17) is 5.14 Å². The number of pyridine rings is 1. The molecule has 0 radical (unpaired) electrons. The van der Waals surface area contributed by atoms with Gasteiger partial charge in [0.05, 0.1) is 22.4 Å². The lowest BCUT2D eigenvalue weighted by molar-refractivity contribution is -0.153. The molecule has 0 saturated heterocycles. The number of hydrogen-bond acceptors (Lipinski definition) is 3. The summed E-state index contributed by atoms with van der Waals surface area (Å²) in [6, 6.07) is 1.32. The molecule has 4 nitrogen and oxygen atoms in total. The lowest BCUT2D eigenvalue weighted by Gasteiger charge is -2.12. The van der Waals surface area contributed by atoms with E-state index in [0.29, 0.717) is 11.3 Å². The Bertz CT molecular complexity index is 423. The quantitative estimate of drug-likeness (QED) is 0.899. The standard InChI is InChI=1S/C9H11F3N2O2S/c1-6-7(4-17(13)15)14-3-2-8(6)16-5-9(10,11)12/h2-3H,4-5,13H2,1H3. The molecular weight excluding hydrogens is 257 g/mol. The molecule has 2 N–H and O–H groups in total. The molecule has 17 heavy (non-hydrogen) atoms. The van der Waals surface area contributed by atoms with Gasteiger partial charge in [0.15, 0.2) is 6.61 Å². The lowest BCUT2D eigenvalue weighted by atomic mass is 10.2. The fourth-order valence-electron chi connectivity index (χ4n) is 1.16. The van der Waals surface area contributed by atoms with Crippen LogP contribution < -0.4 is 9.88 Å². The molecule has 0 spiro atoms. The molecule has 0 aromatic carbocycles. The van der Waals surface area contributed by atoms with E-state index >= 15 is 0 Å². The molecule has 0 aliphatic carbocycles. The van der Waals surface area contributed by atoms with Crippen LogP contribution in [0, 0.1) is 6.92 Å². The monoisotopic (exact) mass is 268 g/mol. The van der Waals surface area contributed by atoms with Crippen LogP contribution in [0.4, 0.5) is 13.2 Å². The van der Waals surface area contributed by atoms with E-state index in [9.17, 15) is 17.4 Å². The highest BCUT2D eigenvalue weighted by atomic mass is 32.2. The summed E-state index contributed by atoms with van der Waals surface area (Å²) in [4.78, 5) is 3.89. The molecule has 0 fully saturated rings. The molecule has 1 aromatic rings. The minimum atomic E-state index is -4.40. The van der Waals surface area contributed by atoms with Gasteiger partial charge in [-0.1, -0.05) is 0 Å². The molecule has 1 rings (SSSR count). The van der Waals surface area contributed by atoms with Gasteiger partial charge < -0.3 is 4.74 Å². The van der Waals surface area contributed by atoms with Gasteiger partial charge in [0.1, 0.15) is 5.75 Å². The van der Waals surface area contributed by atoms with Crippen molar-refractivity contribution in [2.75, 3.05) is 6.61 Å². The highest BCUT2D eigenvalue weighted by molar-refractivity contribution is 7.81. The molecule has 1 atom stereocenters. The number of nitrogens with zero attached hydrogens (tertiary/aromatic N) is 1. The smallest absolute Gasteiger partial charge is 0.422 e. The van der Waals surface area contributed by atoms with Crippen LogP contribution in [0.5, 0.6) is 5.75 Å². The van der Waals surface area contributed by atoms with Crippen LogP contribution in [-0.2, 0) is 16.7 Å². The van der Waals surface area contributed by atoms with E-state index in [2.05, 4.69) is 9.72 Å². The van der Waals surface area contributed by atoms with Crippen molar-refractivity contribution in [1.29, 1.82) is 0 Å². The summed E-state index contributed by atoms with van der Waals surface area (Å²) in [6.07, 6.45) is -3.10. The maximum absolute atomic E-state index is 12.0. The summed E-state index contributed by atoms with van der Waals surface area (Å²) < 4.78 is 51.4. The number of halogens is 3. The first-order valence-electron chi connectivity index (χ1n) is 4.56. The van der Waals surface area contributed by atoms with Crippen molar-refractivity contribution in [2.24, 2.45) is 5.14 Å². The third kappa shape index (κ3) is 4.70.